The molecule has 106 valence electrons. The van der Waals surface area contributed by atoms with Gasteiger partial charge in [0, 0.05) is 12.8 Å². The summed E-state index contributed by atoms with van der Waals surface area (Å²) in [6, 6.07) is 9.60. The molecule has 0 saturated carbocycles. The number of thioether (sulfide) groups is 1. The van der Waals surface area contributed by atoms with Crippen molar-refractivity contribution in [3.05, 3.63) is 35.9 Å². The van der Waals surface area contributed by atoms with E-state index in [2.05, 4.69) is 5.32 Å². The van der Waals surface area contributed by atoms with E-state index in [0.717, 1.165) is 17.7 Å². The van der Waals surface area contributed by atoms with Gasteiger partial charge in [0.05, 0.1) is 12.1 Å². The predicted octanol–water partition coefficient (Wildman–Crippen LogP) is 2.24. The minimum atomic E-state index is -0.549. The fourth-order valence-electron chi connectivity index (χ4n) is 1.83. The van der Waals surface area contributed by atoms with Crippen molar-refractivity contribution in [2.45, 2.75) is 38.3 Å². The average Bonchev–Trinajstić information content (AvgIpc) is 2.40. The molecule has 0 radical (unpaired) electrons. The molecule has 2 unspecified atom stereocenters. The van der Waals surface area contributed by atoms with Crippen LogP contribution >= 0.6 is 11.8 Å². The molecule has 0 aliphatic carbocycles. The Morgan fingerprint density at radius 2 is 2.05 bits per heavy atom. The maximum absolute atomic E-state index is 11.7. The summed E-state index contributed by atoms with van der Waals surface area (Å²) in [5, 5.41) is 12.9. The molecule has 0 saturated heterocycles. The number of amides is 1. The van der Waals surface area contributed by atoms with Gasteiger partial charge in [0.25, 0.3) is 0 Å². The zero-order valence-electron chi connectivity index (χ0n) is 11.6. The Bertz CT molecular complexity index is 370. The van der Waals surface area contributed by atoms with Crippen molar-refractivity contribution in [3.63, 3.8) is 0 Å². The normalized spacial score (nSPS) is 13.8. The summed E-state index contributed by atoms with van der Waals surface area (Å²) in [7, 11) is 0. The van der Waals surface area contributed by atoms with Crippen LogP contribution in [0, 0.1) is 0 Å². The third-order valence-electron chi connectivity index (χ3n) is 3.01. The molecule has 19 heavy (non-hydrogen) atoms. The Labute approximate surface area is 119 Å². The molecule has 1 aromatic rings. The highest BCUT2D eigenvalue weighted by Gasteiger charge is 2.16. The van der Waals surface area contributed by atoms with Gasteiger partial charge >= 0.3 is 0 Å². The van der Waals surface area contributed by atoms with Crippen molar-refractivity contribution in [2.24, 2.45) is 0 Å². The summed E-state index contributed by atoms with van der Waals surface area (Å²) in [5.41, 5.74) is 1.08. The molecule has 2 N–H and O–H groups in total. The number of benzene rings is 1. The zero-order chi connectivity index (χ0) is 14.1. The van der Waals surface area contributed by atoms with Crippen LogP contribution in [0.4, 0.5) is 0 Å². The lowest BCUT2D eigenvalue weighted by atomic mass is 10.0. The number of carbonyl (C=O) groups is 1. The van der Waals surface area contributed by atoms with E-state index >= 15 is 0 Å². The van der Waals surface area contributed by atoms with E-state index in [4.69, 9.17) is 0 Å². The monoisotopic (exact) mass is 281 g/mol. The number of hydrogen-bond donors (Lipinski definition) is 2. The van der Waals surface area contributed by atoms with Gasteiger partial charge in [-0.3, -0.25) is 4.79 Å². The van der Waals surface area contributed by atoms with E-state index in [1.54, 1.807) is 11.8 Å². The van der Waals surface area contributed by atoms with Gasteiger partial charge in [-0.1, -0.05) is 30.3 Å². The second-order valence-corrected chi connectivity index (χ2v) is 5.70. The fraction of sp³-hybridized carbons (Fsp3) is 0.533. The van der Waals surface area contributed by atoms with Crippen molar-refractivity contribution in [3.8, 4) is 0 Å². The van der Waals surface area contributed by atoms with E-state index in [1.165, 1.54) is 0 Å². The van der Waals surface area contributed by atoms with Crippen molar-refractivity contribution in [2.75, 3.05) is 12.0 Å². The van der Waals surface area contributed by atoms with Crippen molar-refractivity contribution in [1.29, 1.82) is 0 Å². The maximum atomic E-state index is 11.7. The Hall–Kier alpha value is -1.00. The van der Waals surface area contributed by atoms with Crippen molar-refractivity contribution in [1.82, 2.24) is 5.32 Å². The fourth-order valence-corrected chi connectivity index (χ4v) is 2.26. The van der Waals surface area contributed by atoms with E-state index < -0.39 is 6.10 Å². The minimum Gasteiger partial charge on any atom is -0.391 e. The highest BCUT2D eigenvalue weighted by atomic mass is 32.2. The second kappa shape index (κ2) is 8.99. The summed E-state index contributed by atoms with van der Waals surface area (Å²) in [4.78, 5) is 11.7. The van der Waals surface area contributed by atoms with Gasteiger partial charge in [-0.15, -0.1) is 0 Å². The molecule has 0 bridgehead atoms. The Kier molecular flexibility index (Phi) is 7.60. The highest BCUT2D eigenvalue weighted by molar-refractivity contribution is 7.98. The maximum Gasteiger partial charge on any atom is 0.220 e. The quantitative estimate of drug-likeness (QED) is 0.719. The van der Waals surface area contributed by atoms with Crippen LogP contribution in [0.25, 0.3) is 0 Å². The third-order valence-corrected chi connectivity index (χ3v) is 3.70. The van der Waals surface area contributed by atoms with Crippen molar-refractivity contribution >= 4 is 17.7 Å². The number of hydrogen-bond acceptors (Lipinski definition) is 3. The first-order valence-corrected chi connectivity index (χ1v) is 8.03. The van der Waals surface area contributed by atoms with Gasteiger partial charge in [-0.25, -0.2) is 0 Å². The van der Waals surface area contributed by atoms with Crippen LogP contribution in [-0.4, -0.2) is 35.2 Å². The molecule has 3 nitrogen and oxygen atoms in total. The Morgan fingerprint density at radius 3 is 2.68 bits per heavy atom. The first-order chi connectivity index (χ1) is 9.13. The van der Waals surface area contributed by atoms with Crippen LogP contribution in [0.1, 0.15) is 25.3 Å². The summed E-state index contributed by atoms with van der Waals surface area (Å²) >= 11 is 1.74. The molecule has 2 atom stereocenters. The number of nitrogens with one attached hydrogen (secondary N) is 1. The molecule has 0 aliphatic rings. The summed E-state index contributed by atoms with van der Waals surface area (Å²) in [6.45, 7) is 1.85. The largest absolute Gasteiger partial charge is 0.391 e. The zero-order valence-corrected chi connectivity index (χ0v) is 12.5. The van der Waals surface area contributed by atoms with E-state index in [9.17, 15) is 9.90 Å². The highest BCUT2D eigenvalue weighted by Crippen LogP contribution is 2.06. The van der Waals surface area contributed by atoms with Crippen LogP contribution in [0.3, 0.4) is 0 Å². The first-order valence-electron chi connectivity index (χ1n) is 6.63. The van der Waals surface area contributed by atoms with Gasteiger partial charge in [-0.05, 0) is 30.9 Å². The SMILES string of the molecule is CSCCCC(=O)NC(C)C(O)Cc1ccccc1. The van der Waals surface area contributed by atoms with Crippen LogP contribution < -0.4 is 5.32 Å². The molecular formula is C15H23NO2S. The van der Waals surface area contributed by atoms with E-state index in [0.29, 0.717) is 12.8 Å². The molecule has 0 spiro atoms. The number of aliphatic hydroxyl groups excluding tert-OH is 1. The first kappa shape index (κ1) is 16.1. The molecule has 0 aliphatic heterocycles. The van der Waals surface area contributed by atoms with Gasteiger partial charge in [0.1, 0.15) is 0 Å². The molecular weight excluding hydrogens is 258 g/mol. The topological polar surface area (TPSA) is 49.3 Å². The molecule has 4 heteroatoms. The second-order valence-electron chi connectivity index (χ2n) is 4.71. The number of carbonyl (C=O) groups excluding carboxylic acids is 1. The van der Waals surface area contributed by atoms with Crippen LogP contribution in [0.15, 0.2) is 30.3 Å². The van der Waals surface area contributed by atoms with Gasteiger partial charge in [-0.2, -0.15) is 11.8 Å². The van der Waals surface area contributed by atoms with Crippen molar-refractivity contribution < 1.29 is 9.90 Å². The van der Waals surface area contributed by atoms with E-state index in [-0.39, 0.29) is 11.9 Å². The van der Waals surface area contributed by atoms with Crippen LogP contribution in [0.5, 0.6) is 0 Å². The van der Waals surface area contributed by atoms with Gasteiger partial charge in [0.15, 0.2) is 0 Å². The summed E-state index contributed by atoms with van der Waals surface area (Å²) < 4.78 is 0. The Morgan fingerprint density at radius 1 is 1.37 bits per heavy atom. The standard InChI is InChI=1S/C15H23NO2S/c1-12(16-15(18)9-6-10-19-2)14(17)11-13-7-4-3-5-8-13/h3-5,7-8,12,14,17H,6,9-11H2,1-2H3,(H,16,18). The van der Waals surface area contributed by atoms with Gasteiger partial charge < -0.3 is 10.4 Å². The lowest BCUT2D eigenvalue weighted by Gasteiger charge is -2.20. The molecule has 1 aromatic carbocycles. The molecule has 0 aromatic heterocycles. The summed E-state index contributed by atoms with van der Waals surface area (Å²) in [6.07, 6.45) is 3.46. The minimum absolute atomic E-state index is 0.0219. The number of rotatable bonds is 8. The smallest absolute Gasteiger partial charge is 0.220 e. The van der Waals surface area contributed by atoms with E-state index in [1.807, 2.05) is 43.5 Å². The average molecular weight is 281 g/mol. The third kappa shape index (κ3) is 6.64. The number of aliphatic hydroxyl groups is 1. The predicted molar refractivity (Wildman–Crippen MR) is 81.4 cm³/mol. The molecule has 1 amide bonds. The molecule has 0 heterocycles. The lowest BCUT2D eigenvalue weighted by Crippen LogP contribution is -2.42. The lowest BCUT2D eigenvalue weighted by molar-refractivity contribution is -0.122. The summed E-state index contributed by atoms with van der Waals surface area (Å²) in [5.74, 6) is 1.02. The molecule has 1 rings (SSSR count). The van der Waals surface area contributed by atoms with Crippen LogP contribution in [-0.2, 0) is 11.2 Å². The van der Waals surface area contributed by atoms with Crippen LogP contribution in [0.2, 0.25) is 0 Å². The molecule has 0 fully saturated rings. The van der Waals surface area contributed by atoms with Gasteiger partial charge in [0.2, 0.25) is 5.91 Å². The Balaban J connectivity index is 2.32.